The van der Waals surface area contributed by atoms with E-state index in [1.54, 1.807) is 0 Å². The van der Waals surface area contributed by atoms with Gasteiger partial charge in [0.25, 0.3) is 0 Å². The predicted molar refractivity (Wildman–Crippen MR) is 64.9 cm³/mol. The van der Waals surface area contributed by atoms with E-state index in [0.717, 1.165) is 17.1 Å². The lowest BCUT2D eigenvalue weighted by atomic mass is 10.0. The molecule has 0 amide bonds. The van der Waals surface area contributed by atoms with Gasteiger partial charge in [0.1, 0.15) is 0 Å². The smallest absolute Gasteiger partial charge is 0.0830 e. The second kappa shape index (κ2) is 4.08. The van der Waals surface area contributed by atoms with Crippen molar-refractivity contribution >= 4 is 0 Å². The molecule has 0 saturated heterocycles. The van der Waals surface area contributed by atoms with E-state index in [1.165, 1.54) is 5.56 Å². The highest BCUT2D eigenvalue weighted by molar-refractivity contribution is 5.36. The van der Waals surface area contributed by atoms with E-state index in [0.29, 0.717) is 5.92 Å². The number of benzene rings is 1. The highest BCUT2D eigenvalue weighted by Gasteiger charge is 2.06. The van der Waals surface area contributed by atoms with Gasteiger partial charge in [0.05, 0.1) is 17.1 Å². The minimum atomic E-state index is 0.563. The first-order valence-electron chi connectivity index (χ1n) is 5.59. The molecular weight excluding hydrogens is 198 g/mol. The van der Waals surface area contributed by atoms with E-state index >= 15 is 0 Å². The maximum Gasteiger partial charge on any atom is 0.0830 e. The van der Waals surface area contributed by atoms with Gasteiger partial charge >= 0.3 is 0 Å². The molecule has 2 rings (SSSR count). The van der Waals surface area contributed by atoms with Crippen LogP contribution in [0, 0.1) is 13.8 Å². The zero-order valence-electron chi connectivity index (χ0n) is 10.2. The van der Waals surface area contributed by atoms with Gasteiger partial charge in [0, 0.05) is 0 Å². The maximum absolute atomic E-state index is 4.13. The van der Waals surface area contributed by atoms with E-state index in [2.05, 4.69) is 48.4 Å². The standard InChI is InChI=1S/C13H17N3/c1-9(2)12-5-7-13(8-6-12)16-11(4)10(3)14-15-16/h5-9H,1-4H3. The van der Waals surface area contributed by atoms with E-state index < -0.39 is 0 Å². The number of nitrogens with zero attached hydrogens (tertiary/aromatic N) is 3. The predicted octanol–water partition coefficient (Wildman–Crippen LogP) is 3.01. The molecule has 0 spiro atoms. The fourth-order valence-electron chi connectivity index (χ4n) is 1.65. The summed E-state index contributed by atoms with van der Waals surface area (Å²) >= 11 is 0. The number of aryl methyl sites for hydroxylation is 1. The molecule has 1 heterocycles. The molecule has 0 radical (unpaired) electrons. The Morgan fingerprint density at radius 3 is 2.12 bits per heavy atom. The van der Waals surface area contributed by atoms with Crippen molar-refractivity contribution in [2.45, 2.75) is 33.6 Å². The van der Waals surface area contributed by atoms with Crippen LogP contribution >= 0.6 is 0 Å². The van der Waals surface area contributed by atoms with Crippen molar-refractivity contribution in [3.05, 3.63) is 41.2 Å². The van der Waals surface area contributed by atoms with Gasteiger partial charge in [-0.2, -0.15) is 0 Å². The molecule has 16 heavy (non-hydrogen) atoms. The zero-order chi connectivity index (χ0) is 11.7. The molecule has 0 saturated carbocycles. The van der Waals surface area contributed by atoms with Crippen LogP contribution in [0.4, 0.5) is 0 Å². The summed E-state index contributed by atoms with van der Waals surface area (Å²) in [7, 11) is 0. The molecule has 3 heteroatoms. The van der Waals surface area contributed by atoms with Gasteiger partial charge in [-0.15, -0.1) is 5.10 Å². The fourth-order valence-corrected chi connectivity index (χ4v) is 1.65. The quantitative estimate of drug-likeness (QED) is 0.771. The summed E-state index contributed by atoms with van der Waals surface area (Å²) in [5, 5.41) is 8.19. The van der Waals surface area contributed by atoms with Crippen molar-refractivity contribution in [1.82, 2.24) is 15.0 Å². The SMILES string of the molecule is Cc1nnn(-c2ccc(C(C)C)cc2)c1C. The lowest BCUT2D eigenvalue weighted by molar-refractivity contribution is 0.782. The monoisotopic (exact) mass is 215 g/mol. The Balaban J connectivity index is 2.38. The Morgan fingerprint density at radius 2 is 1.69 bits per heavy atom. The molecule has 84 valence electrons. The molecule has 0 bridgehead atoms. The Hall–Kier alpha value is -1.64. The third kappa shape index (κ3) is 1.85. The molecule has 0 aliphatic heterocycles. The maximum atomic E-state index is 4.13. The van der Waals surface area contributed by atoms with Crippen molar-refractivity contribution in [3.8, 4) is 5.69 Å². The van der Waals surface area contributed by atoms with Crippen molar-refractivity contribution in [3.63, 3.8) is 0 Å². The molecule has 1 aromatic carbocycles. The Labute approximate surface area is 96.1 Å². The Bertz CT molecular complexity index is 480. The molecule has 0 atom stereocenters. The topological polar surface area (TPSA) is 30.7 Å². The van der Waals surface area contributed by atoms with Crippen LogP contribution in [-0.4, -0.2) is 15.0 Å². The van der Waals surface area contributed by atoms with Gasteiger partial charge in [-0.1, -0.05) is 31.2 Å². The van der Waals surface area contributed by atoms with E-state index in [1.807, 2.05) is 18.5 Å². The number of aromatic nitrogens is 3. The van der Waals surface area contributed by atoms with Crippen LogP contribution in [0.25, 0.3) is 5.69 Å². The Kier molecular flexibility index (Phi) is 2.77. The van der Waals surface area contributed by atoms with Gasteiger partial charge < -0.3 is 0 Å². The van der Waals surface area contributed by atoms with Gasteiger partial charge in [0.2, 0.25) is 0 Å². The first-order valence-corrected chi connectivity index (χ1v) is 5.59. The summed E-state index contributed by atoms with van der Waals surface area (Å²) in [6.07, 6.45) is 0. The van der Waals surface area contributed by atoms with Gasteiger partial charge in [-0.05, 0) is 37.5 Å². The van der Waals surface area contributed by atoms with E-state index in [9.17, 15) is 0 Å². The summed E-state index contributed by atoms with van der Waals surface area (Å²) < 4.78 is 1.87. The molecule has 2 aromatic rings. The first kappa shape index (κ1) is 10.9. The molecule has 0 aliphatic rings. The summed E-state index contributed by atoms with van der Waals surface area (Å²) in [6.45, 7) is 8.40. The zero-order valence-corrected chi connectivity index (χ0v) is 10.2. The molecule has 3 nitrogen and oxygen atoms in total. The minimum absolute atomic E-state index is 0.563. The summed E-state index contributed by atoms with van der Waals surface area (Å²) in [5.74, 6) is 0.563. The normalized spacial score (nSPS) is 11.1. The molecule has 0 unspecified atom stereocenters. The average Bonchev–Trinajstić information content (AvgIpc) is 2.60. The third-order valence-electron chi connectivity index (χ3n) is 2.93. The van der Waals surface area contributed by atoms with Crippen LogP contribution < -0.4 is 0 Å². The summed E-state index contributed by atoms with van der Waals surface area (Å²) in [5.41, 5.74) is 4.49. The lowest BCUT2D eigenvalue weighted by Gasteiger charge is -2.07. The van der Waals surface area contributed by atoms with Crippen molar-refractivity contribution in [2.75, 3.05) is 0 Å². The van der Waals surface area contributed by atoms with Crippen LogP contribution in [0.15, 0.2) is 24.3 Å². The minimum Gasteiger partial charge on any atom is -0.218 e. The second-order valence-corrected chi connectivity index (χ2v) is 4.42. The van der Waals surface area contributed by atoms with Gasteiger partial charge in [0.15, 0.2) is 0 Å². The number of rotatable bonds is 2. The number of hydrogen-bond acceptors (Lipinski definition) is 2. The lowest BCUT2D eigenvalue weighted by Crippen LogP contribution is -1.99. The van der Waals surface area contributed by atoms with Gasteiger partial charge in [-0.25, -0.2) is 4.68 Å². The molecule has 1 aromatic heterocycles. The largest absolute Gasteiger partial charge is 0.218 e. The molecule has 0 N–H and O–H groups in total. The van der Waals surface area contributed by atoms with Crippen LogP contribution in [-0.2, 0) is 0 Å². The van der Waals surface area contributed by atoms with Crippen molar-refractivity contribution in [2.24, 2.45) is 0 Å². The average molecular weight is 215 g/mol. The highest BCUT2D eigenvalue weighted by atomic mass is 15.4. The van der Waals surface area contributed by atoms with Gasteiger partial charge in [-0.3, -0.25) is 0 Å². The van der Waals surface area contributed by atoms with Crippen LogP contribution in [0.5, 0.6) is 0 Å². The molecular formula is C13H17N3. The van der Waals surface area contributed by atoms with E-state index in [4.69, 9.17) is 0 Å². The second-order valence-electron chi connectivity index (χ2n) is 4.42. The Morgan fingerprint density at radius 1 is 1.06 bits per heavy atom. The summed E-state index contributed by atoms with van der Waals surface area (Å²) in [4.78, 5) is 0. The molecule has 0 fully saturated rings. The van der Waals surface area contributed by atoms with Crippen molar-refractivity contribution in [1.29, 1.82) is 0 Å². The first-order chi connectivity index (χ1) is 7.59. The van der Waals surface area contributed by atoms with Crippen LogP contribution in [0.2, 0.25) is 0 Å². The third-order valence-corrected chi connectivity index (χ3v) is 2.93. The van der Waals surface area contributed by atoms with Crippen molar-refractivity contribution < 1.29 is 0 Å². The summed E-state index contributed by atoms with van der Waals surface area (Å²) in [6, 6.07) is 8.49. The molecule has 0 aliphatic carbocycles. The van der Waals surface area contributed by atoms with Crippen LogP contribution in [0.3, 0.4) is 0 Å². The fraction of sp³-hybridized carbons (Fsp3) is 0.385. The van der Waals surface area contributed by atoms with Crippen LogP contribution in [0.1, 0.15) is 36.7 Å². The van der Waals surface area contributed by atoms with E-state index in [-0.39, 0.29) is 0 Å². The number of hydrogen-bond donors (Lipinski definition) is 0. The highest BCUT2D eigenvalue weighted by Crippen LogP contribution is 2.17.